The van der Waals surface area contributed by atoms with Gasteiger partial charge in [-0.25, -0.2) is 4.39 Å². The average Bonchev–Trinajstić information content (AvgIpc) is 2.76. The smallest absolute Gasteiger partial charge is 0.128 e. The Bertz CT molecular complexity index is 916. The van der Waals surface area contributed by atoms with Gasteiger partial charge in [0.2, 0.25) is 0 Å². The molecular formula is C24H25FN2O. The van der Waals surface area contributed by atoms with Gasteiger partial charge in [0, 0.05) is 36.5 Å². The summed E-state index contributed by atoms with van der Waals surface area (Å²) in [6, 6.07) is 19.4. The summed E-state index contributed by atoms with van der Waals surface area (Å²) in [5.74, 6) is -0.186. The number of hydrogen-bond acceptors (Lipinski definition) is 3. The van der Waals surface area contributed by atoms with Gasteiger partial charge in [-0.1, -0.05) is 42.5 Å². The SMILES string of the molecule is OCC1(c2ccccc2)CCCN(Cc2ccc(-c3ccncc3)cc2F)C1. The summed E-state index contributed by atoms with van der Waals surface area (Å²) in [4.78, 5) is 6.28. The van der Waals surface area contributed by atoms with Crippen molar-refractivity contribution >= 4 is 0 Å². The van der Waals surface area contributed by atoms with E-state index in [0.29, 0.717) is 12.1 Å². The standard InChI is InChI=1S/C24H25FN2O/c25-23-15-20(19-9-12-26-13-10-19)7-8-21(23)16-27-14-4-11-24(17-27,18-28)22-5-2-1-3-6-22/h1-3,5-10,12-13,15,28H,4,11,14,16-18H2. The van der Waals surface area contributed by atoms with E-state index < -0.39 is 0 Å². The monoisotopic (exact) mass is 376 g/mol. The quantitative estimate of drug-likeness (QED) is 0.716. The van der Waals surface area contributed by atoms with Gasteiger partial charge in [0.1, 0.15) is 5.82 Å². The van der Waals surface area contributed by atoms with Gasteiger partial charge in [0.05, 0.1) is 6.61 Å². The topological polar surface area (TPSA) is 36.4 Å². The van der Waals surface area contributed by atoms with E-state index in [1.165, 1.54) is 0 Å². The maximum Gasteiger partial charge on any atom is 0.128 e. The number of likely N-dealkylation sites (tertiary alicyclic amines) is 1. The third kappa shape index (κ3) is 3.84. The molecule has 1 aliphatic heterocycles. The van der Waals surface area contributed by atoms with Crippen LogP contribution in [-0.4, -0.2) is 34.7 Å². The minimum absolute atomic E-state index is 0.108. The molecule has 1 aromatic heterocycles. The average molecular weight is 376 g/mol. The van der Waals surface area contributed by atoms with Gasteiger partial charge in [0.25, 0.3) is 0 Å². The van der Waals surface area contributed by atoms with E-state index in [2.05, 4.69) is 22.0 Å². The molecule has 144 valence electrons. The summed E-state index contributed by atoms with van der Waals surface area (Å²) in [7, 11) is 0. The van der Waals surface area contributed by atoms with Crippen molar-refractivity contribution in [2.45, 2.75) is 24.8 Å². The molecule has 1 saturated heterocycles. The van der Waals surface area contributed by atoms with Crippen molar-refractivity contribution in [1.29, 1.82) is 0 Å². The Morgan fingerprint density at radius 2 is 1.79 bits per heavy atom. The summed E-state index contributed by atoms with van der Waals surface area (Å²) >= 11 is 0. The lowest BCUT2D eigenvalue weighted by Gasteiger charge is -2.42. The highest BCUT2D eigenvalue weighted by molar-refractivity contribution is 5.63. The molecule has 2 aromatic carbocycles. The van der Waals surface area contributed by atoms with Crippen molar-refractivity contribution < 1.29 is 9.50 Å². The molecule has 0 bridgehead atoms. The molecule has 0 saturated carbocycles. The molecule has 3 nitrogen and oxygen atoms in total. The number of hydrogen-bond donors (Lipinski definition) is 1. The van der Waals surface area contributed by atoms with Crippen LogP contribution in [0, 0.1) is 5.82 Å². The molecule has 4 rings (SSSR count). The van der Waals surface area contributed by atoms with Crippen LogP contribution in [0.1, 0.15) is 24.0 Å². The number of aliphatic hydroxyl groups excluding tert-OH is 1. The van der Waals surface area contributed by atoms with Crippen LogP contribution in [0.15, 0.2) is 73.1 Å². The molecule has 0 amide bonds. The summed E-state index contributed by atoms with van der Waals surface area (Å²) < 4.78 is 14.8. The number of piperidine rings is 1. The minimum Gasteiger partial charge on any atom is -0.395 e. The summed E-state index contributed by atoms with van der Waals surface area (Å²) in [6.07, 6.45) is 5.37. The summed E-state index contributed by atoms with van der Waals surface area (Å²) in [6.45, 7) is 2.31. The lowest BCUT2D eigenvalue weighted by molar-refractivity contribution is 0.0844. The second kappa shape index (κ2) is 8.21. The van der Waals surface area contributed by atoms with Crippen LogP contribution in [0.5, 0.6) is 0 Å². The highest BCUT2D eigenvalue weighted by atomic mass is 19.1. The van der Waals surface area contributed by atoms with E-state index in [1.54, 1.807) is 18.5 Å². The number of benzene rings is 2. The largest absolute Gasteiger partial charge is 0.395 e. The Labute approximate surface area is 165 Å². The van der Waals surface area contributed by atoms with Gasteiger partial charge in [-0.3, -0.25) is 9.88 Å². The van der Waals surface area contributed by atoms with Crippen molar-refractivity contribution in [1.82, 2.24) is 9.88 Å². The van der Waals surface area contributed by atoms with E-state index in [1.807, 2.05) is 42.5 Å². The Balaban J connectivity index is 1.53. The van der Waals surface area contributed by atoms with Gasteiger partial charge < -0.3 is 5.11 Å². The van der Waals surface area contributed by atoms with Crippen molar-refractivity contribution in [3.05, 3.63) is 90.0 Å². The number of rotatable bonds is 5. The van der Waals surface area contributed by atoms with E-state index >= 15 is 0 Å². The van der Waals surface area contributed by atoms with Gasteiger partial charge in [-0.2, -0.15) is 0 Å². The number of aliphatic hydroxyl groups is 1. The first-order valence-corrected chi connectivity index (χ1v) is 9.78. The molecule has 1 atom stereocenters. The first-order chi connectivity index (χ1) is 13.7. The predicted molar refractivity (Wildman–Crippen MR) is 109 cm³/mol. The molecule has 0 aliphatic carbocycles. The lowest BCUT2D eigenvalue weighted by Crippen LogP contribution is -2.48. The second-order valence-electron chi connectivity index (χ2n) is 7.66. The molecule has 2 heterocycles. The van der Waals surface area contributed by atoms with Crippen LogP contribution in [0.25, 0.3) is 11.1 Å². The highest BCUT2D eigenvalue weighted by Crippen LogP contribution is 2.34. The highest BCUT2D eigenvalue weighted by Gasteiger charge is 2.36. The van der Waals surface area contributed by atoms with Crippen LogP contribution in [0.2, 0.25) is 0 Å². The van der Waals surface area contributed by atoms with Gasteiger partial charge in [-0.05, 0) is 54.3 Å². The predicted octanol–water partition coefficient (Wildman–Crippen LogP) is 4.41. The zero-order valence-electron chi connectivity index (χ0n) is 15.9. The third-order valence-corrected chi connectivity index (χ3v) is 5.81. The lowest BCUT2D eigenvalue weighted by atomic mass is 9.74. The van der Waals surface area contributed by atoms with E-state index in [9.17, 15) is 9.50 Å². The van der Waals surface area contributed by atoms with E-state index in [4.69, 9.17) is 0 Å². The summed E-state index contributed by atoms with van der Waals surface area (Å²) in [5, 5.41) is 10.2. The fraction of sp³-hybridized carbons (Fsp3) is 0.292. The first-order valence-electron chi connectivity index (χ1n) is 9.78. The van der Waals surface area contributed by atoms with Gasteiger partial charge >= 0.3 is 0 Å². The van der Waals surface area contributed by atoms with E-state index in [-0.39, 0.29) is 17.8 Å². The molecule has 1 N–H and O–H groups in total. The van der Waals surface area contributed by atoms with Crippen LogP contribution < -0.4 is 0 Å². The number of pyridine rings is 1. The Kier molecular flexibility index (Phi) is 5.51. The molecule has 1 fully saturated rings. The fourth-order valence-corrected chi connectivity index (χ4v) is 4.25. The molecule has 0 spiro atoms. The zero-order valence-corrected chi connectivity index (χ0v) is 15.9. The molecule has 3 aromatic rings. The molecule has 4 heteroatoms. The number of nitrogens with zero attached hydrogens (tertiary/aromatic N) is 2. The van der Waals surface area contributed by atoms with Crippen molar-refractivity contribution in [3.8, 4) is 11.1 Å². The van der Waals surface area contributed by atoms with Crippen molar-refractivity contribution in [3.63, 3.8) is 0 Å². The number of aromatic nitrogens is 1. The zero-order chi connectivity index (χ0) is 19.4. The first kappa shape index (κ1) is 18.8. The Morgan fingerprint density at radius 1 is 1.00 bits per heavy atom. The number of halogens is 1. The van der Waals surface area contributed by atoms with E-state index in [0.717, 1.165) is 42.6 Å². The van der Waals surface area contributed by atoms with Crippen LogP contribution >= 0.6 is 0 Å². The van der Waals surface area contributed by atoms with Crippen LogP contribution in [-0.2, 0) is 12.0 Å². The Morgan fingerprint density at radius 3 is 2.50 bits per heavy atom. The molecule has 28 heavy (non-hydrogen) atoms. The van der Waals surface area contributed by atoms with Crippen LogP contribution in [0.3, 0.4) is 0 Å². The van der Waals surface area contributed by atoms with Gasteiger partial charge in [-0.15, -0.1) is 0 Å². The molecule has 1 unspecified atom stereocenters. The minimum atomic E-state index is -0.271. The van der Waals surface area contributed by atoms with Crippen molar-refractivity contribution in [2.75, 3.05) is 19.7 Å². The second-order valence-corrected chi connectivity index (χ2v) is 7.66. The van der Waals surface area contributed by atoms with Crippen LogP contribution in [0.4, 0.5) is 4.39 Å². The maximum absolute atomic E-state index is 14.8. The molecular weight excluding hydrogens is 351 g/mol. The molecule has 0 radical (unpaired) electrons. The third-order valence-electron chi connectivity index (χ3n) is 5.81. The Hall–Kier alpha value is -2.56. The maximum atomic E-state index is 14.8. The molecule has 1 aliphatic rings. The van der Waals surface area contributed by atoms with Gasteiger partial charge in [0.15, 0.2) is 0 Å². The normalized spacial score (nSPS) is 20.2. The summed E-state index contributed by atoms with van der Waals surface area (Å²) in [5.41, 5.74) is 3.40. The fourth-order valence-electron chi connectivity index (χ4n) is 4.25. The van der Waals surface area contributed by atoms with Crippen molar-refractivity contribution in [2.24, 2.45) is 0 Å².